The molecule has 4 nitrogen and oxygen atoms in total. The number of carbonyl (C=O) groups excluding carboxylic acids is 1. The Hall–Kier alpha value is -2.23. The third-order valence-electron chi connectivity index (χ3n) is 4.01. The van der Waals surface area contributed by atoms with Crippen molar-refractivity contribution in [2.75, 3.05) is 19.9 Å². The molecule has 0 spiro atoms. The van der Waals surface area contributed by atoms with Crippen LogP contribution >= 0.6 is 0 Å². The van der Waals surface area contributed by atoms with Gasteiger partial charge in [-0.2, -0.15) is 0 Å². The third-order valence-corrected chi connectivity index (χ3v) is 4.01. The molecule has 1 aromatic carbocycles. The second kappa shape index (κ2) is 6.69. The van der Waals surface area contributed by atoms with Gasteiger partial charge in [0.25, 0.3) is 0 Å². The average molecular weight is 299 g/mol. The molecule has 116 valence electrons. The summed E-state index contributed by atoms with van der Waals surface area (Å²) in [6.07, 6.45) is 8.80. The number of hydrogen-bond donors (Lipinski definition) is 0. The molecule has 0 N–H and O–H groups in total. The Morgan fingerprint density at radius 2 is 1.95 bits per heavy atom. The summed E-state index contributed by atoms with van der Waals surface area (Å²) in [5.41, 5.74) is 2.17. The molecule has 0 aliphatic carbocycles. The van der Waals surface area contributed by atoms with Gasteiger partial charge in [0.1, 0.15) is 0 Å². The molecule has 0 radical (unpaired) electrons. The molecule has 1 aromatic rings. The van der Waals surface area contributed by atoms with Crippen molar-refractivity contribution in [2.45, 2.75) is 26.2 Å². The largest absolute Gasteiger partial charge is 0.454 e. The standard InChI is InChI=1S/C18H21NO3/c1-2-14(6-8-18(20)19-9-3-4-10-19)11-15-5-7-16-17(12-15)22-13-21-16/h5-8,11-12H,2-4,9-10,13H2,1H3/b8-6+,14-11+. The van der Waals surface area contributed by atoms with E-state index in [1.165, 1.54) is 0 Å². The lowest BCUT2D eigenvalue weighted by atomic mass is 10.1. The van der Waals surface area contributed by atoms with E-state index in [0.29, 0.717) is 0 Å². The number of amides is 1. The molecule has 0 bridgehead atoms. The van der Waals surface area contributed by atoms with Gasteiger partial charge in [0.05, 0.1) is 0 Å². The first kappa shape index (κ1) is 14.7. The maximum atomic E-state index is 12.0. The van der Waals surface area contributed by atoms with E-state index < -0.39 is 0 Å². The Morgan fingerprint density at radius 3 is 2.73 bits per heavy atom. The van der Waals surface area contributed by atoms with E-state index in [-0.39, 0.29) is 12.7 Å². The molecule has 2 heterocycles. The minimum Gasteiger partial charge on any atom is -0.454 e. The zero-order chi connectivity index (χ0) is 15.4. The smallest absolute Gasteiger partial charge is 0.246 e. The topological polar surface area (TPSA) is 38.8 Å². The maximum Gasteiger partial charge on any atom is 0.246 e. The Morgan fingerprint density at radius 1 is 1.18 bits per heavy atom. The van der Waals surface area contributed by atoms with E-state index in [2.05, 4.69) is 13.0 Å². The summed E-state index contributed by atoms with van der Waals surface area (Å²) < 4.78 is 10.7. The number of ether oxygens (including phenoxy) is 2. The van der Waals surface area contributed by atoms with Gasteiger partial charge in [-0.1, -0.05) is 25.1 Å². The molecule has 1 saturated heterocycles. The van der Waals surface area contributed by atoms with Crippen molar-refractivity contribution in [3.63, 3.8) is 0 Å². The number of benzene rings is 1. The molecule has 0 saturated carbocycles. The number of allylic oxidation sites excluding steroid dienone is 2. The SMILES string of the molecule is CCC(/C=C/C(=O)N1CCCC1)=C\c1ccc2c(c1)OCO2. The van der Waals surface area contributed by atoms with Crippen molar-refractivity contribution in [1.82, 2.24) is 4.90 Å². The second-order valence-electron chi connectivity index (χ2n) is 5.55. The van der Waals surface area contributed by atoms with Crippen LogP contribution in [0.5, 0.6) is 11.5 Å². The van der Waals surface area contributed by atoms with Crippen LogP contribution in [0, 0.1) is 0 Å². The Kier molecular flexibility index (Phi) is 4.47. The Bertz CT molecular complexity index is 613. The van der Waals surface area contributed by atoms with E-state index in [0.717, 1.165) is 55.0 Å². The number of fused-ring (bicyclic) bond motifs is 1. The van der Waals surface area contributed by atoms with Crippen LogP contribution in [-0.4, -0.2) is 30.7 Å². The summed E-state index contributed by atoms with van der Waals surface area (Å²) in [4.78, 5) is 14.0. The van der Waals surface area contributed by atoms with Gasteiger partial charge in [-0.15, -0.1) is 0 Å². The number of hydrogen-bond acceptors (Lipinski definition) is 3. The molecule has 0 unspecified atom stereocenters. The van der Waals surface area contributed by atoms with Gasteiger partial charge < -0.3 is 14.4 Å². The normalized spacial score (nSPS) is 17.5. The fourth-order valence-corrected chi connectivity index (χ4v) is 2.71. The highest BCUT2D eigenvalue weighted by molar-refractivity contribution is 5.88. The molecular formula is C18H21NO3. The first-order valence-electron chi connectivity index (χ1n) is 7.83. The number of carbonyl (C=O) groups is 1. The molecule has 0 aromatic heterocycles. The fourth-order valence-electron chi connectivity index (χ4n) is 2.71. The molecule has 1 fully saturated rings. The summed E-state index contributed by atoms with van der Waals surface area (Å²) in [7, 11) is 0. The first-order valence-corrected chi connectivity index (χ1v) is 7.83. The van der Waals surface area contributed by atoms with E-state index >= 15 is 0 Å². The Labute approximate surface area is 131 Å². The van der Waals surface area contributed by atoms with Crippen LogP contribution in [0.25, 0.3) is 6.08 Å². The monoisotopic (exact) mass is 299 g/mol. The third kappa shape index (κ3) is 3.32. The molecule has 1 amide bonds. The van der Waals surface area contributed by atoms with E-state index in [1.54, 1.807) is 6.08 Å². The van der Waals surface area contributed by atoms with Crippen molar-refractivity contribution in [2.24, 2.45) is 0 Å². The fraction of sp³-hybridized carbons (Fsp3) is 0.389. The number of likely N-dealkylation sites (tertiary alicyclic amines) is 1. The predicted molar refractivity (Wildman–Crippen MR) is 85.8 cm³/mol. The lowest BCUT2D eigenvalue weighted by Gasteiger charge is -2.11. The van der Waals surface area contributed by atoms with Crippen molar-refractivity contribution < 1.29 is 14.3 Å². The quantitative estimate of drug-likeness (QED) is 0.632. The lowest BCUT2D eigenvalue weighted by molar-refractivity contribution is -0.124. The lowest BCUT2D eigenvalue weighted by Crippen LogP contribution is -2.25. The number of nitrogens with zero attached hydrogens (tertiary/aromatic N) is 1. The zero-order valence-corrected chi connectivity index (χ0v) is 12.9. The zero-order valence-electron chi connectivity index (χ0n) is 12.9. The van der Waals surface area contributed by atoms with Crippen LogP contribution in [-0.2, 0) is 4.79 Å². The van der Waals surface area contributed by atoms with Crippen LogP contribution in [0.2, 0.25) is 0 Å². The summed E-state index contributed by atoms with van der Waals surface area (Å²) in [5.74, 6) is 1.68. The molecular weight excluding hydrogens is 278 g/mol. The van der Waals surface area contributed by atoms with Crippen molar-refractivity contribution in [3.05, 3.63) is 41.5 Å². The maximum absolute atomic E-state index is 12.0. The van der Waals surface area contributed by atoms with Crippen molar-refractivity contribution in [3.8, 4) is 11.5 Å². The summed E-state index contributed by atoms with van der Waals surface area (Å²) in [6.45, 7) is 4.14. The van der Waals surface area contributed by atoms with Crippen LogP contribution < -0.4 is 9.47 Å². The molecule has 22 heavy (non-hydrogen) atoms. The van der Waals surface area contributed by atoms with E-state index in [1.807, 2.05) is 29.2 Å². The molecule has 4 heteroatoms. The summed E-state index contributed by atoms with van der Waals surface area (Å²) >= 11 is 0. The summed E-state index contributed by atoms with van der Waals surface area (Å²) in [6, 6.07) is 5.88. The van der Waals surface area contributed by atoms with Gasteiger partial charge in [0.15, 0.2) is 11.5 Å². The van der Waals surface area contributed by atoms with E-state index in [4.69, 9.17) is 9.47 Å². The van der Waals surface area contributed by atoms with Gasteiger partial charge >= 0.3 is 0 Å². The molecule has 3 rings (SSSR count). The van der Waals surface area contributed by atoms with Crippen LogP contribution in [0.1, 0.15) is 31.7 Å². The van der Waals surface area contributed by atoms with Gasteiger partial charge in [0.2, 0.25) is 12.7 Å². The average Bonchev–Trinajstić information content (AvgIpc) is 3.21. The van der Waals surface area contributed by atoms with Gasteiger partial charge in [-0.05, 0) is 42.5 Å². The Balaban J connectivity index is 1.71. The van der Waals surface area contributed by atoms with Gasteiger partial charge in [-0.25, -0.2) is 0 Å². The van der Waals surface area contributed by atoms with E-state index in [9.17, 15) is 4.79 Å². The predicted octanol–water partition coefficient (Wildman–Crippen LogP) is 3.39. The van der Waals surface area contributed by atoms with Crippen LogP contribution in [0.4, 0.5) is 0 Å². The molecule has 2 aliphatic rings. The minimum absolute atomic E-state index is 0.113. The highest BCUT2D eigenvalue weighted by atomic mass is 16.7. The summed E-state index contributed by atoms with van der Waals surface area (Å²) in [5, 5.41) is 0. The molecule has 2 aliphatic heterocycles. The van der Waals surface area contributed by atoms with Crippen molar-refractivity contribution >= 4 is 12.0 Å². The second-order valence-corrected chi connectivity index (χ2v) is 5.55. The van der Waals surface area contributed by atoms with Crippen LogP contribution in [0.3, 0.4) is 0 Å². The first-order chi connectivity index (χ1) is 10.8. The molecule has 0 atom stereocenters. The van der Waals surface area contributed by atoms with Crippen molar-refractivity contribution in [1.29, 1.82) is 0 Å². The highest BCUT2D eigenvalue weighted by Gasteiger charge is 2.15. The van der Waals surface area contributed by atoms with Gasteiger partial charge in [-0.3, -0.25) is 4.79 Å². The van der Waals surface area contributed by atoms with Crippen LogP contribution in [0.15, 0.2) is 35.9 Å². The van der Waals surface area contributed by atoms with Gasteiger partial charge in [0, 0.05) is 19.2 Å². The number of rotatable bonds is 4. The highest BCUT2D eigenvalue weighted by Crippen LogP contribution is 2.33. The minimum atomic E-state index is 0.113.